The van der Waals surface area contributed by atoms with Crippen molar-refractivity contribution in [3.05, 3.63) is 34.9 Å². The van der Waals surface area contributed by atoms with Gasteiger partial charge in [0.25, 0.3) is 0 Å². The van der Waals surface area contributed by atoms with E-state index in [-0.39, 0.29) is 24.1 Å². The summed E-state index contributed by atoms with van der Waals surface area (Å²) in [5, 5.41) is 6.12. The second kappa shape index (κ2) is 7.63. The van der Waals surface area contributed by atoms with Crippen molar-refractivity contribution < 1.29 is 9.59 Å². The van der Waals surface area contributed by atoms with E-state index >= 15 is 0 Å². The second-order valence-electron chi connectivity index (χ2n) is 7.02. The summed E-state index contributed by atoms with van der Waals surface area (Å²) in [6.07, 6.45) is 3.31. The number of carbonyl (C=O) groups excluding carboxylic acids is 2. The van der Waals surface area contributed by atoms with Gasteiger partial charge in [-0.1, -0.05) is 11.6 Å². The number of nitrogens with two attached hydrogens (primary N) is 1. The number of piperidine rings is 1. The van der Waals surface area contributed by atoms with Gasteiger partial charge in [0.15, 0.2) is 0 Å². The van der Waals surface area contributed by atoms with Crippen molar-refractivity contribution in [2.24, 2.45) is 0 Å². The zero-order valence-electron chi connectivity index (χ0n) is 15.2. The second-order valence-corrected chi connectivity index (χ2v) is 7.46. The van der Waals surface area contributed by atoms with E-state index in [1.165, 1.54) is 6.42 Å². The molecule has 146 valence electrons. The van der Waals surface area contributed by atoms with Gasteiger partial charge in [-0.15, -0.1) is 0 Å². The molecule has 0 radical (unpaired) electrons. The first kappa shape index (κ1) is 18.5. The van der Waals surface area contributed by atoms with Gasteiger partial charge in [0.1, 0.15) is 11.6 Å². The third-order valence-electron chi connectivity index (χ3n) is 5.03. The quantitative estimate of drug-likeness (QED) is 0.730. The number of fused-ring (bicyclic) bond motifs is 1. The summed E-state index contributed by atoms with van der Waals surface area (Å²) in [6.45, 7) is 1.71. The average Bonchev–Trinajstić information content (AvgIpc) is 2.69. The number of nitrogen functional groups attached to an aromatic ring is 1. The molecule has 4 N–H and O–H groups in total. The lowest BCUT2D eigenvalue weighted by molar-refractivity contribution is -0.123. The fourth-order valence-electron chi connectivity index (χ4n) is 3.61. The van der Waals surface area contributed by atoms with E-state index < -0.39 is 5.92 Å². The zero-order valence-corrected chi connectivity index (χ0v) is 16.0. The van der Waals surface area contributed by atoms with Crippen molar-refractivity contribution in [3.8, 4) is 0 Å². The summed E-state index contributed by atoms with van der Waals surface area (Å²) in [4.78, 5) is 36.1. The first-order valence-electron chi connectivity index (χ1n) is 9.30. The predicted molar refractivity (Wildman–Crippen MR) is 109 cm³/mol. The Kier molecular flexibility index (Phi) is 5.04. The van der Waals surface area contributed by atoms with Crippen LogP contribution in [0, 0.1) is 0 Å². The number of rotatable bonds is 3. The molecule has 2 amide bonds. The van der Waals surface area contributed by atoms with Crippen LogP contribution in [0.25, 0.3) is 0 Å². The lowest BCUT2D eigenvalue weighted by Crippen LogP contribution is -2.35. The number of hydrogen-bond donors (Lipinski definition) is 3. The largest absolute Gasteiger partial charge is 0.383 e. The number of nitrogens with one attached hydrogen (secondary N) is 2. The number of carbonyl (C=O) groups is 2. The van der Waals surface area contributed by atoms with Crippen molar-refractivity contribution in [2.45, 2.75) is 31.6 Å². The Labute approximate surface area is 167 Å². The molecule has 2 aliphatic heterocycles. The Bertz CT molecular complexity index is 911. The third kappa shape index (κ3) is 3.73. The standard InChI is InChI=1S/C19H21ClN6O2/c20-11-4-6-12(7-5-11)22-18(28)13-10-14(27)23-17-15(13)16(21)24-19(25-17)26-8-2-1-3-9-26/h4-7,13H,1-3,8-10H2,(H,22,28)(H3,21,23,24,25,27)/t13-/m1/s1. The summed E-state index contributed by atoms with van der Waals surface area (Å²) in [5.41, 5.74) is 7.26. The number of nitrogens with zero attached hydrogens (tertiary/aromatic N) is 3. The van der Waals surface area contributed by atoms with Crippen molar-refractivity contribution in [1.82, 2.24) is 9.97 Å². The number of amides is 2. The van der Waals surface area contributed by atoms with E-state index in [1.54, 1.807) is 24.3 Å². The molecule has 0 aliphatic carbocycles. The highest BCUT2D eigenvalue weighted by atomic mass is 35.5. The molecule has 1 saturated heterocycles. The lowest BCUT2D eigenvalue weighted by atomic mass is 9.92. The van der Waals surface area contributed by atoms with Crippen molar-refractivity contribution >= 4 is 46.7 Å². The molecule has 1 aromatic carbocycles. The molecule has 3 heterocycles. The van der Waals surface area contributed by atoms with Gasteiger partial charge >= 0.3 is 0 Å². The summed E-state index contributed by atoms with van der Waals surface area (Å²) < 4.78 is 0. The predicted octanol–water partition coefficient (Wildman–Crippen LogP) is 2.77. The number of hydrogen-bond acceptors (Lipinski definition) is 6. The average molecular weight is 401 g/mol. The van der Waals surface area contributed by atoms with Crippen molar-refractivity contribution in [1.29, 1.82) is 0 Å². The van der Waals surface area contributed by atoms with Crippen LogP contribution in [0.4, 0.5) is 23.3 Å². The molecule has 0 unspecified atom stereocenters. The van der Waals surface area contributed by atoms with Crippen LogP contribution >= 0.6 is 11.6 Å². The fourth-order valence-corrected chi connectivity index (χ4v) is 3.73. The minimum atomic E-state index is -0.755. The minimum Gasteiger partial charge on any atom is -0.383 e. The van der Waals surface area contributed by atoms with E-state index in [0.29, 0.717) is 28.0 Å². The highest BCUT2D eigenvalue weighted by Gasteiger charge is 2.35. The molecule has 4 rings (SSSR count). The number of benzene rings is 1. The van der Waals surface area contributed by atoms with Crippen molar-refractivity contribution in [3.63, 3.8) is 0 Å². The zero-order chi connectivity index (χ0) is 19.7. The topological polar surface area (TPSA) is 113 Å². The van der Waals surface area contributed by atoms with Gasteiger partial charge < -0.3 is 21.3 Å². The van der Waals surface area contributed by atoms with E-state index in [2.05, 4.69) is 25.5 Å². The normalized spacial score (nSPS) is 19.0. The molecule has 1 fully saturated rings. The van der Waals surface area contributed by atoms with Gasteiger partial charge in [0.05, 0.1) is 11.5 Å². The summed E-state index contributed by atoms with van der Waals surface area (Å²) in [7, 11) is 0. The maximum atomic E-state index is 12.9. The van der Waals surface area contributed by atoms with Crippen LogP contribution in [0.5, 0.6) is 0 Å². The van der Waals surface area contributed by atoms with Crippen LogP contribution < -0.4 is 21.3 Å². The summed E-state index contributed by atoms with van der Waals surface area (Å²) >= 11 is 5.88. The Morgan fingerprint density at radius 1 is 1.18 bits per heavy atom. The molecule has 1 aromatic heterocycles. The summed E-state index contributed by atoms with van der Waals surface area (Å²) in [5.74, 6) is -0.321. The first-order valence-corrected chi connectivity index (χ1v) is 9.67. The third-order valence-corrected chi connectivity index (χ3v) is 5.28. The van der Waals surface area contributed by atoms with Gasteiger partial charge in [0, 0.05) is 30.2 Å². The molecule has 0 spiro atoms. The molecule has 2 aromatic rings. The Morgan fingerprint density at radius 3 is 2.61 bits per heavy atom. The molecule has 28 heavy (non-hydrogen) atoms. The molecule has 9 heteroatoms. The molecular weight excluding hydrogens is 380 g/mol. The van der Waals surface area contributed by atoms with E-state index in [1.807, 2.05) is 0 Å². The highest BCUT2D eigenvalue weighted by Crippen LogP contribution is 2.37. The van der Waals surface area contributed by atoms with Crippen LogP contribution in [0.15, 0.2) is 24.3 Å². The fraction of sp³-hybridized carbons (Fsp3) is 0.368. The first-order chi connectivity index (χ1) is 13.5. The maximum Gasteiger partial charge on any atom is 0.232 e. The van der Waals surface area contributed by atoms with E-state index in [9.17, 15) is 9.59 Å². The van der Waals surface area contributed by atoms with Crippen LogP contribution in [-0.4, -0.2) is 34.9 Å². The van der Waals surface area contributed by atoms with Gasteiger partial charge in [-0.2, -0.15) is 9.97 Å². The minimum absolute atomic E-state index is 0.0109. The van der Waals surface area contributed by atoms with Crippen LogP contribution in [-0.2, 0) is 9.59 Å². The molecule has 0 bridgehead atoms. The molecular formula is C19H21ClN6O2. The molecule has 8 nitrogen and oxygen atoms in total. The van der Waals surface area contributed by atoms with Crippen LogP contribution in [0.3, 0.4) is 0 Å². The van der Waals surface area contributed by atoms with Gasteiger partial charge in [0.2, 0.25) is 17.8 Å². The lowest BCUT2D eigenvalue weighted by Gasteiger charge is -2.30. The molecule has 1 atom stereocenters. The highest BCUT2D eigenvalue weighted by molar-refractivity contribution is 6.30. The number of aromatic nitrogens is 2. The molecule has 2 aliphatic rings. The SMILES string of the molecule is Nc1nc(N2CCCCC2)nc2c1[C@H](C(=O)Nc1ccc(Cl)cc1)CC(=O)N2. The Morgan fingerprint density at radius 2 is 1.89 bits per heavy atom. The maximum absolute atomic E-state index is 12.9. The molecule has 0 saturated carbocycles. The van der Waals surface area contributed by atoms with E-state index in [0.717, 1.165) is 25.9 Å². The monoisotopic (exact) mass is 400 g/mol. The van der Waals surface area contributed by atoms with Crippen LogP contribution in [0.2, 0.25) is 5.02 Å². The number of anilines is 4. The van der Waals surface area contributed by atoms with Crippen molar-refractivity contribution in [2.75, 3.05) is 34.4 Å². The van der Waals surface area contributed by atoms with Gasteiger partial charge in [-0.3, -0.25) is 9.59 Å². The van der Waals surface area contributed by atoms with Crippen LogP contribution in [0.1, 0.15) is 37.2 Å². The Balaban J connectivity index is 1.63. The Hall–Kier alpha value is -2.87. The van der Waals surface area contributed by atoms with E-state index in [4.69, 9.17) is 17.3 Å². The van der Waals surface area contributed by atoms with Gasteiger partial charge in [-0.05, 0) is 43.5 Å². The van der Waals surface area contributed by atoms with Gasteiger partial charge in [-0.25, -0.2) is 0 Å². The smallest absolute Gasteiger partial charge is 0.232 e. The number of halogens is 1. The summed E-state index contributed by atoms with van der Waals surface area (Å²) in [6, 6.07) is 6.76.